The van der Waals surface area contributed by atoms with Crippen molar-refractivity contribution >= 4 is 34.4 Å². The lowest BCUT2D eigenvalue weighted by Crippen LogP contribution is -1.96. The summed E-state index contributed by atoms with van der Waals surface area (Å²) in [6, 6.07) is 13.0. The summed E-state index contributed by atoms with van der Waals surface area (Å²) in [4.78, 5) is 0. The highest BCUT2D eigenvalue weighted by atomic mass is 79.9. The fraction of sp³-hybridized carbons (Fsp3) is 0.0625. The van der Waals surface area contributed by atoms with Crippen LogP contribution in [0.5, 0.6) is 5.75 Å². The van der Waals surface area contributed by atoms with Gasteiger partial charge in [-0.3, -0.25) is 0 Å². The number of nitrogens with one attached hydrogen (secondary N) is 1. The predicted octanol–water partition coefficient (Wildman–Crippen LogP) is 4.27. The quantitative estimate of drug-likeness (QED) is 0.520. The number of phenols is 1. The number of H-pyrrole nitrogens is 1. The normalized spacial score (nSPS) is 11.2. The molecule has 0 atom stereocenters. The Morgan fingerprint density at radius 3 is 2.87 bits per heavy atom. The molecule has 0 bridgehead atoms. The number of nitrogens with zero attached hydrogens (tertiary/aromatic N) is 3. The van der Waals surface area contributed by atoms with Gasteiger partial charge in [0.05, 0.1) is 6.21 Å². The van der Waals surface area contributed by atoms with Gasteiger partial charge < -0.3 is 5.11 Å². The van der Waals surface area contributed by atoms with Crippen LogP contribution in [0.1, 0.15) is 11.1 Å². The number of aromatic nitrogens is 3. The van der Waals surface area contributed by atoms with Crippen molar-refractivity contribution in [3.63, 3.8) is 0 Å². The average molecular weight is 389 g/mol. The molecule has 5 nitrogen and oxygen atoms in total. The van der Waals surface area contributed by atoms with Gasteiger partial charge in [0, 0.05) is 15.6 Å². The molecular formula is C16H13BrN4OS. The number of halogens is 1. The fourth-order valence-corrected chi connectivity index (χ4v) is 2.70. The molecule has 0 saturated carbocycles. The third kappa shape index (κ3) is 3.25. The van der Waals surface area contributed by atoms with Crippen molar-refractivity contribution in [2.24, 2.45) is 5.10 Å². The molecule has 0 radical (unpaired) electrons. The van der Waals surface area contributed by atoms with E-state index in [9.17, 15) is 5.11 Å². The van der Waals surface area contributed by atoms with Crippen LogP contribution in [0, 0.1) is 11.7 Å². The van der Waals surface area contributed by atoms with Gasteiger partial charge >= 0.3 is 0 Å². The van der Waals surface area contributed by atoms with E-state index in [1.807, 2.05) is 31.2 Å². The first-order valence-electron chi connectivity index (χ1n) is 6.82. The van der Waals surface area contributed by atoms with E-state index in [1.54, 1.807) is 24.4 Å². The topological polar surface area (TPSA) is 66.2 Å². The second kappa shape index (κ2) is 6.47. The lowest BCUT2D eigenvalue weighted by molar-refractivity contribution is 0.474. The Morgan fingerprint density at radius 1 is 1.30 bits per heavy atom. The Kier molecular flexibility index (Phi) is 4.40. The van der Waals surface area contributed by atoms with Crippen molar-refractivity contribution in [3.05, 3.63) is 62.8 Å². The van der Waals surface area contributed by atoms with Crippen molar-refractivity contribution in [1.29, 1.82) is 0 Å². The molecule has 1 aromatic heterocycles. The maximum atomic E-state index is 9.89. The van der Waals surface area contributed by atoms with E-state index in [0.29, 0.717) is 16.2 Å². The molecule has 0 spiro atoms. The van der Waals surface area contributed by atoms with E-state index in [4.69, 9.17) is 12.2 Å². The molecular weight excluding hydrogens is 376 g/mol. The third-order valence-corrected chi connectivity index (χ3v) is 4.10. The molecule has 0 aliphatic rings. The summed E-state index contributed by atoms with van der Waals surface area (Å²) < 4.78 is 2.78. The number of benzene rings is 2. The van der Waals surface area contributed by atoms with Gasteiger partial charge in [-0.25, -0.2) is 5.10 Å². The molecule has 116 valence electrons. The monoisotopic (exact) mass is 388 g/mol. The van der Waals surface area contributed by atoms with E-state index in [1.165, 1.54) is 4.68 Å². The van der Waals surface area contributed by atoms with Gasteiger partial charge in [0.25, 0.3) is 0 Å². The zero-order chi connectivity index (χ0) is 16.4. The SMILES string of the molecule is Cc1ccccc1-c1n[nH]c(=S)n1/N=C\c1cc(Br)ccc1O. The third-order valence-electron chi connectivity index (χ3n) is 3.34. The van der Waals surface area contributed by atoms with Crippen LogP contribution >= 0.6 is 28.1 Å². The van der Waals surface area contributed by atoms with Gasteiger partial charge in [-0.2, -0.15) is 14.9 Å². The van der Waals surface area contributed by atoms with Crippen LogP contribution in [-0.4, -0.2) is 26.2 Å². The molecule has 0 aliphatic heterocycles. The number of hydrogen-bond acceptors (Lipinski definition) is 4. The molecule has 2 N–H and O–H groups in total. The fourth-order valence-electron chi connectivity index (χ4n) is 2.15. The van der Waals surface area contributed by atoms with Crippen LogP contribution < -0.4 is 0 Å². The highest BCUT2D eigenvalue weighted by Crippen LogP contribution is 2.22. The zero-order valence-electron chi connectivity index (χ0n) is 12.2. The average Bonchev–Trinajstić information content (AvgIpc) is 2.89. The second-order valence-electron chi connectivity index (χ2n) is 4.93. The first kappa shape index (κ1) is 15.6. The largest absolute Gasteiger partial charge is 0.507 e. The van der Waals surface area contributed by atoms with Crippen molar-refractivity contribution in [2.75, 3.05) is 0 Å². The van der Waals surface area contributed by atoms with E-state index in [2.05, 4.69) is 31.2 Å². The van der Waals surface area contributed by atoms with E-state index < -0.39 is 0 Å². The molecule has 3 aromatic rings. The molecule has 1 heterocycles. The van der Waals surface area contributed by atoms with E-state index >= 15 is 0 Å². The molecule has 0 saturated heterocycles. The van der Waals surface area contributed by atoms with Gasteiger partial charge in [-0.05, 0) is 42.9 Å². The number of aryl methyl sites for hydroxylation is 1. The van der Waals surface area contributed by atoms with E-state index in [-0.39, 0.29) is 5.75 Å². The van der Waals surface area contributed by atoms with E-state index in [0.717, 1.165) is 15.6 Å². The minimum atomic E-state index is 0.143. The molecule has 23 heavy (non-hydrogen) atoms. The van der Waals surface area contributed by atoms with Crippen LogP contribution in [0.2, 0.25) is 0 Å². The Balaban J connectivity index is 2.06. The summed E-state index contributed by atoms with van der Waals surface area (Å²) in [5.41, 5.74) is 2.59. The number of hydrogen-bond donors (Lipinski definition) is 2. The predicted molar refractivity (Wildman–Crippen MR) is 96.4 cm³/mol. The Labute approximate surface area is 146 Å². The summed E-state index contributed by atoms with van der Waals surface area (Å²) in [6.45, 7) is 2.00. The Morgan fingerprint density at radius 2 is 2.09 bits per heavy atom. The van der Waals surface area contributed by atoms with Gasteiger partial charge in [0.15, 0.2) is 5.82 Å². The maximum Gasteiger partial charge on any atom is 0.216 e. The molecule has 0 amide bonds. The van der Waals surface area contributed by atoms with Gasteiger partial charge in [-0.15, -0.1) is 0 Å². The number of aromatic amines is 1. The highest BCUT2D eigenvalue weighted by molar-refractivity contribution is 9.10. The van der Waals surface area contributed by atoms with Gasteiger partial charge in [0.1, 0.15) is 5.75 Å². The summed E-state index contributed by atoms with van der Waals surface area (Å²) in [5, 5.41) is 21.3. The standard InChI is InChI=1S/C16H13BrN4OS/c1-10-4-2-3-5-13(10)15-19-20-16(23)21(15)18-9-11-8-12(17)6-7-14(11)22/h2-9,22H,1H3,(H,20,23)/b18-9-. The molecule has 0 fully saturated rings. The van der Waals surface area contributed by atoms with Crippen LogP contribution in [0.15, 0.2) is 52.0 Å². The maximum absolute atomic E-state index is 9.89. The minimum Gasteiger partial charge on any atom is -0.507 e. The van der Waals surface area contributed by atoms with Gasteiger partial charge in [0.2, 0.25) is 4.77 Å². The van der Waals surface area contributed by atoms with Crippen molar-refractivity contribution in [3.8, 4) is 17.1 Å². The zero-order valence-corrected chi connectivity index (χ0v) is 14.6. The van der Waals surface area contributed by atoms with Crippen molar-refractivity contribution in [1.82, 2.24) is 14.9 Å². The highest BCUT2D eigenvalue weighted by Gasteiger charge is 2.10. The Bertz CT molecular complexity index is 945. The minimum absolute atomic E-state index is 0.143. The summed E-state index contributed by atoms with van der Waals surface area (Å²) >= 11 is 8.62. The van der Waals surface area contributed by atoms with Crippen LogP contribution in [0.4, 0.5) is 0 Å². The van der Waals surface area contributed by atoms with Gasteiger partial charge in [-0.1, -0.05) is 40.2 Å². The Hall–Kier alpha value is -2.25. The number of aromatic hydroxyl groups is 1. The van der Waals surface area contributed by atoms with Crippen LogP contribution in [0.3, 0.4) is 0 Å². The van der Waals surface area contributed by atoms with Crippen LogP contribution in [-0.2, 0) is 0 Å². The molecule has 2 aromatic carbocycles. The smallest absolute Gasteiger partial charge is 0.216 e. The second-order valence-corrected chi connectivity index (χ2v) is 6.23. The van der Waals surface area contributed by atoms with Crippen molar-refractivity contribution < 1.29 is 5.11 Å². The molecule has 3 rings (SSSR count). The van der Waals surface area contributed by atoms with Crippen molar-refractivity contribution in [2.45, 2.75) is 6.92 Å². The first-order chi connectivity index (χ1) is 11.1. The number of phenolic OH excluding ortho intramolecular Hbond substituents is 1. The summed E-state index contributed by atoms with van der Waals surface area (Å²) in [6.07, 6.45) is 1.55. The summed E-state index contributed by atoms with van der Waals surface area (Å²) in [5.74, 6) is 0.767. The first-order valence-corrected chi connectivity index (χ1v) is 8.02. The molecule has 0 unspecified atom stereocenters. The lowest BCUT2D eigenvalue weighted by Gasteiger charge is -2.04. The number of rotatable bonds is 3. The lowest BCUT2D eigenvalue weighted by atomic mass is 10.1. The molecule has 0 aliphatic carbocycles. The van der Waals surface area contributed by atoms with Crippen LogP contribution in [0.25, 0.3) is 11.4 Å². The molecule has 7 heteroatoms. The summed E-state index contributed by atoms with van der Waals surface area (Å²) in [7, 11) is 0.